The van der Waals surface area contributed by atoms with Crippen molar-refractivity contribution in [1.82, 2.24) is 10.2 Å². The maximum absolute atomic E-state index is 12.2. The Morgan fingerprint density at radius 2 is 1.92 bits per heavy atom. The number of nitrogens with zero attached hydrogens (tertiary/aromatic N) is 2. The molecule has 1 saturated heterocycles. The van der Waals surface area contributed by atoms with E-state index in [1.54, 1.807) is 6.26 Å². The van der Waals surface area contributed by atoms with Gasteiger partial charge in [-0.2, -0.15) is 0 Å². The summed E-state index contributed by atoms with van der Waals surface area (Å²) in [6, 6.07) is 9.55. The lowest BCUT2D eigenvalue weighted by Crippen LogP contribution is -2.51. The first-order valence-electron chi connectivity index (χ1n) is 7.99. The molecule has 7 heteroatoms. The number of carbonyl (C=O) groups excluding carboxylic acids is 1. The minimum absolute atomic E-state index is 0.0586. The second kappa shape index (κ2) is 6.35. The highest BCUT2D eigenvalue weighted by Crippen LogP contribution is 2.35. The molecule has 24 heavy (non-hydrogen) atoms. The number of carbonyl (C=O) groups is 1. The summed E-state index contributed by atoms with van der Waals surface area (Å²) in [4.78, 5) is 16.3. The van der Waals surface area contributed by atoms with E-state index in [2.05, 4.69) is 10.2 Å². The maximum atomic E-state index is 12.2. The van der Waals surface area contributed by atoms with Gasteiger partial charge in [-0.15, -0.1) is 0 Å². The van der Waals surface area contributed by atoms with Crippen molar-refractivity contribution in [3.05, 3.63) is 42.4 Å². The first-order chi connectivity index (χ1) is 11.8. The fraction of sp³-hybridized carbons (Fsp3) is 0.353. The van der Waals surface area contributed by atoms with Gasteiger partial charge in [0.2, 0.25) is 6.79 Å². The predicted molar refractivity (Wildman–Crippen MR) is 87.3 cm³/mol. The largest absolute Gasteiger partial charge is 0.467 e. The molecule has 3 heterocycles. The summed E-state index contributed by atoms with van der Waals surface area (Å²) in [6.45, 7) is 3.62. The normalized spacial score (nSPS) is 16.3. The van der Waals surface area contributed by atoms with E-state index in [1.807, 2.05) is 35.2 Å². The molecule has 0 bridgehead atoms. The van der Waals surface area contributed by atoms with Crippen molar-refractivity contribution in [3.63, 3.8) is 0 Å². The van der Waals surface area contributed by atoms with Crippen LogP contribution in [0.15, 0.2) is 41.0 Å². The molecule has 2 aliphatic heterocycles. The number of fused-ring (bicyclic) bond motifs is 1. The SMILES string of the molecule is O=C(NCc1ccco1)N1CCN(c2ccc3c(c2)OCO3)CC1. The minimum atomic E-state index is -0.0586. The molecule has 1 N–H and O–H groups in total. The number of rotatable bonds is 3. The van der Waals surface area contributed by atoms with Gasteiger partial charge in [0.05, 0.1) is 12.8 Å². The van der Waals surface area contributed by atoms with Crippen molar-refractivity contribution in [2.24, 2.45) is 0 Å². The number of benzene rings is 1. The molecule has 1 fully saturated rings. The summed E-state index contributed by atoms with van der Waals surface area (Å²) in [6.07, 6.45) is 1.60. The number of nitrogens with one attached hydrogen (secondary N) is 1. The van der Waals surface area contributed by atoms with E-state index in [0.717, 1.165) is 36.0 Å². The quantitative estimate of drug-likeness (QED) is 0.933. The number of ether oxygens (including phenoxy) is 2. The topological polar surface area (TPSA) is 67.2 Å². The van der Waals surface area contributed by atoms with E-state index >= 15 is 0 Å². The number of furan rings is 1. The van der Waals surface area contributed by atoms with Crippen molar-refractivity contribution in [3.8, 4) is 11.5 Å². The lowest BCUT2D eigenvalue weighted by Gasteiger charge is -2.36. The zero-order valence-corrected chi connectivity index (χ0v) is 13.2. The standard InChI is InChI=1S/C17H19N3O4/c21-17(18-11-14-2-1-9-22-14)20-7-5-19(6-8-20)13-3-4-15-16(10-13)24-12-23-15/h1-4,9-10H,5-8,11-12H2,(H,18,21). The van der Waals surface area contributed by atoms with Gasteiger partial charge in [-0.05, 0) is 24.3 Å². The third-order valence-electron chi connectivity index (χ3n) is 4.28. The average molecular weight is 329 g/mol. The number of hydrogen-bond donors (Lipinski definition) is 1. The molecule has 2 aromatic rings. The zero-order chi connectivity index (χ0) is 16.4. The number of amides is 2. The maximum Gasteiger partial charge on any atom is 0.317 e. The Morgan fingerprint density at radius 3 is 2.71 bits per heavy atom. The second-order valence-electron chi connectivity index (χ2n) is 5.75. The Labute approximate surface area is 139 Å². The van der Waals surface area contributed by atoms with E-state index in [-0.39, 0.29) is 12.8 Å². The molecule has 0 atom stereocenters. The summed E-state index contributed by atoms with van der Waals surface area (Å²) in [7, 11) is 0. The van der Waals surface area contributed by atoms with Gasteiger partial charge in [-0.1, -0.05) is 0 Å². The first-order valence-corrected chi connectivity index (χ1v) is 7.99. The van der Waals surface area contributed by atoms with Crippen molar-refractivity contribution < 1.29 is 18.7 Å². The van der Waals surface area contributed by atoms with Gasteiger partial charge >= 0.3 is 6.03 Å². The summed E-state index contributed by atoms with van der Waals surface area (Å²) in [5.74, 6) is 2.32. The van der Waals surface area contributed by atoms with Crippen LogP contribution in [-0.2, 0) is 6.54 Å². The van der Waals surface area contributed by atoms with Crippen molar-refractivity contribution in [1.29, 1.82) is 0 Å². The molecule has 7 nitrogen and oxygen atoms in total. The molecule has 0 radical (unpaired) electrons. The van der Waals surface area contributed by atoms with Gasteiger partial charge < -0.3 is 29.0 Å². The third kappa shape index (κ3) is 2.97. The highest BCUT2D eigenvalue weighted by atomic mass is 16.7. The molecule has 0 saturated carbocycles. The van der Waals surface area contributed by atoms with Crippen LogP contribution in [0.3, 0.4) is 0 Å². The molecule has 4 rings (SSSR count). The Balaban J connectivity index is 1.30. The van der Waals surface area contributed by atoms with Crippen molar-refractivity contribution in [2.75, 3.05) is 37.9 Å². The molecular weight excluding hydrogens is 310 g/mol. The third-order valence-corrected chi connectivity index (χ3v) is 4.28. The van der Waals surface area contributed by atoms with E-state index in [0.29, 0.717) is 19.6 Å². The van der Waals surface area contributed by atoms with Gasteiger partial charge in [0.1, 0.15) is 5.76 Å². The molecule has 0 unspecified atom stereocenters. The fourth-order valence-corrected chi connectivity index (χ4v) is 2.94. The number of piperazine rings is 1. The van der Waals surface area contributed by atoms with Crippen molar-refractivity contribution >= 4 is 11.7 Å². The summed E-state index contributed by atoms with van der Waals surface area (Å²) >= 11 is 0. The van der Waals surface area contributed by atoms with Crippen LogP contribution in [0.5, 0.6) is 11.5 Å². The van der Waals surface area contributed by atoms with Crippen LogP contribution >= 0.6 is 0 Å². The van der Waals surface area contributed by atoms with E-state index in [4.69, 9.17) is 13.9 Å². The molecule has 2 amide bonds. The average Bonchev–Trinajstić information content (AvgIpc) is 3.30. The van der Waals surface area contributed by atoms with Gasteiger partial charge in [0.15, 0.2) is 11.5 Å². The lowest BCUT2D eigenvalue weighted by atomic mass is 10.2. The fourth-order valence-electron chi connectivity index (χ4n) is 2.94. The molecule has 126 valence electrons. The molecule has 0 aliphatic carbocycles. The molecule has 0 spiro atoms. The number of anilines is 1. The van der Waals surface area contributed by atoms with Gasteiger partial charge in [-0.25, -0.2) is 4.79 Å². The van der Waals surface area contributed by atoms with Gasteiger partial charge in [-0.3, -0.25) is 0 Å². The van der Waals surface area contributed by atoms with Crippen LogP contribution in [0.1, 0.15) is 5.76 Å². The Bertz CT molecular complexity index is 709. The monoisotopic (exact) mass is 329 g/mol. The summed E-state index contributed by atoms with van der Waals surface area (Å²) < 4.78 is 16.0. The molecule has 1 aromatic heterocycles. The second-order valence-corrected chi connectivity index (χ2v) is 5.75. The van der Waals surface area contributed by atoms with E-state index in [9.17, 15) is 4.79 Å². The van der Waals surface area contributed by atoms with Gasteiger partial charge in [0, 0.05) is 37.9 Å². The lowest BCUT2D eigenvalue weighted by molar-refractivity contribution is 0.174. The zero-order valence-electron chi connectivity index (χ0n) is 13.2. The molecular formula is C17H19N3O4. The number of urea groups is 1. The van der Waals surface area contributed by atoms with Crippen LogP contribution in [0.25, 0.3) is 0 Å². The van der Waals surface area contributed by atoms with E-state index < -0.39 is 0 Å². The molecule has 2 aliphatic rings. The van der Waals surface area contributed by atoms with E-state index in [1.165, 1.54) is 0 Å². The van der Waals surface area contributed by atoms with Crippen LogP contribution in [0.2, 0.25) is 0 Å². The van der Waals surface area contributed by atoms with Crippen molar-refractivity contribution in [2.45, 2.75) is 6.54 Å². The smallest absolute Gasteiger partial charge is 0.317 e. The van der Waals surface area contributed by atoms with Crippen LogP contribution in [0, 0.1) is 0 Å². The van der Waals surface area contributed by atoms with Crippen LogP contribution in [0.4, 0.5) is 10.5 Å². The number of hydrogen-bond acceptors (Lipinski definition) is 5. The summed E-state index contributed by atoms with van der Waals surface area (Å²) in [5, 5.41) is 2.88. The highest BCUT2D eigenvalue weighted by Gasteiger charge is 2.23. The highest BCUT2D eigenvalue weighted by molar-refractivity contribution is 5.74. The van der Waals surface area contributed by atoms with Crippen LogP contribution < -0.4 is 19.7 Å². The Kier molecular flexibility index (Phi) is 3.90. The Hall–Kier alpha value is -2.83. The predicted octanol–water partition coefficient (Wildman–Crippen LogP) is 2.04. The Morgan fingerprint density at radius 1 is 1.08 bits per heavy atom. The minimum Gasteiger partial charge on any atom is -0.467 e. The van der Waals surface area contributed by atoms with Crippen LogP contribution in [-0.4, -0.2) is 43.9 Å². The summed E-state index contributed by atoms with van der Waals surface area (Å²) in [5.41, 5.74) is 1.09. The molecule has 1 aromatic carbocycles. The first kappa shape index (κ1) is 14.7. The van der Waals surface area contributed by atoms with Gasteiger partial charge in [0.25, 0.3) is 0 Å².